The van der Waals surface area contributed by atoms with Gasteiger partial charge >= 0.3 is 6.09 Å². The van der Waals surface area contributed by atoms with Crippen LogP contribution in [0.15, 0.2) is 22.9 Å². The Bertz CT molecular complexity index is 808. The third-order valence-electron chi connectivity index (χ3n) is 5.66. The van der Waals surface area contributed by atoms with Crippen molar-refractivity contribution < 1.29 is 14.1 Å². The summed E-state index contributed by atoms with van der Waals surface area (Å²) in [7, 11) is 0. The Morgan fingerprint density at radius 2 is 1.83 bits per heavy atom. The Morgan fingerprint density at radius 3 is 2.50 bits per heavy atom. The van der Waals surface area contributed by atoms with E-state index in [1.165, 1.54) is 25.7 Å². The molecule has 2 aromatic rings. The number of hydrogen-bond donors (Lipinski definition) is 0. The van der Waals surface area contributed by atoms with Gasteiger partial charge in [-0.2, -0.15) is 4.98 Å². The highest BCUT2D eigenvalue weighted by Gasteiger charge is 2.23. The molecule has 9 heteroatoms. The molecule has 0 N–H and O–H groups in total. The number of rotatable bonds is 5. The number of ether oxygens (including phenoxy) is 1. The van der Waals surface area contributed by atoms with Gasteiger partial charge in [-0.25, -0.2) is 9.78 Å². The number of aromatic nitrogens is 3. The summed E-state index contributed by atoms with van der Waals surface area (Å²) >= 11 is 0. The van der Waals surface area contributed by atoms with Crippen LogP contribution in [0.3, 0.4) is 0 Å². The summed E-state index contributed by atoms with van der Waals surface area (Å²) < 4.78 is 10.5. The smallest absolute Gasteiger partial charge is 0.409 e. The molecule has 2 aliphatic rings. The van der Waals surface area contributed by atoms with Crippen molar-refractivity contribution in [3.05, 3.63) is 24.2 Å². The van der Waals surface area contributed by atoms with E-state index in [9.17, 15) is 4.79 Å². The van der Waals surface area contributed by atoms with Gasteiger partial charge in [0.15, 0.2) is 0 Å². The summed E-state index contributed by atoms with van der Waals surface area (Å²) in [4.78, 5) is 27.3. The summed E-state index contributed by atoms with van der Waals surface area (Å²) in [5.74, 6) is 2.15. The first-order valence-corrected chi connectivity index (χ1v) is 10.9. The molecule has 4 heterocycles. The van der Waals surface area contributed by atoms with Crippen molar-refractivity contribution in [3.8, 4) is 11.4 Å². The minimum Gasteiger partial charge on any atom is -0.450 e. The van der Waals surface area contributed by atoms with Crippen LogP contribution in [-0.4, -0.2) is 76.9 Å². The minimum absolute atomic E-state index is 0.242. The Labute approximate surface area is 177 Å². The number of piperazine rings is 1. The Hall–Kier alpha value is -2.68. The molecule has 162 valence electrons. The van der Waals surface area contributed by atoms with Crippen LogP contribution >= 0.6 is 0 Å². The van der Waals surface area contributed by atoms with Crippen molar-refractivity contribution in [1.82, 2.24) is 24.9 Å². The zero-order chi connectivity index (χ0) is 20.8. The van der Waals surface area contributed by atoms with Gasteiger partial charge in [-0.3, -0.25) is 4.90 Å². The molecule has 0 aliphatic carbocycles. The second-order valence-electron chi connectivity index (χ2n) is 7.78. The maximum atomic E-state index is 11.8. The fourth-order valence-electron chi connectivity index (χ4n) is 3.94. The quantitative estimate of drug-likeness (QED) is 0.738. The summed E-state index contributed by atoms with van der Waals surface area (Å²) in [6.45, 7) is 7.72. The summed E-state index contributed by atoms with van der Waals surface area (Å²) in [5, 5.41) is 4.13. The topological polar surface area (TPSA) is 87.8 Å². The number of anilines is 1. The third kappa shape index (κ3) is 5.08. The van der Waals surface area contributed by atoms with Gasteiger partial charge in [0, 0.05) is 51.0 Å². The molecule has 2 aromatic heterocycles. The molecule has 0 unspecified atom stereocenters. The molecule has 1 amide bonds. The highest BCUT2D eigenvalue weighted by Crippen LogP contribution is 2.21. The van der Waals surface area contributed by atoms with E-state index in [1.54, 1.807) is 4.90 Å². The average molecular weight is 415 g/mol. The van der Waals surface area contributed by atoms with Gasteiger partial charge in [0.05, 0.1) is 13.2 Å². The maximum absolute atomic E-state index is 11.8. The predicted molar refractivity (Wildman–Crippen MR) is 112 cm³/mol. The van der Waals surface area contributed by atoms with Crippen LogP contribution in [0.4, 0.5) is 10.6 Å². The van der Waals surface area contributed by atoms with Crippen molar-refractivity contribution in [2.24, 2.45) is 0 Å². The summed E-state index contributed by atoms with van der Waals surface area (Å²) in [6.07, 6.45) is 6.65. The molecule has 0 radical (unpaired) electrons. The highest BCUT2D eigenvalue weighted by molar-refractivity contribution is 5.67. The van der Waals surface area contributed by atoms with E-state index in [2.05, 4.69) is 24.9 Å². The number of carbonyl (C=O) groups excluding carboxylic acids is 1. The molecule has 2 fully saturated rings. The summed E-state index contributed by atoms with van der Waals surface area (Å²) in [5.41, 5.74) is 0.857. The zero-order valence-electron chi connectivity index (χ0n) is 17.6. The van der Waals surface area contributed by atoms with E-state index in [1.807, 2.05) is 25.3 Å². The average Bonchev–Trinajstić information content (AvgIpc) is 3.06. The normalized spacial score (nSPS) is 18.3. The fraction of sp³-hybridized carbons (Fsp3) is 0.619. The van der Waals surface area contributed by atoms with Gasteiger partial charge < -0.3 is 19.1 Å². The number of pyridine rings is 1. The van der Waals surface area contributed by atoms with E-state index in [0.29, 0.717) is 38.0 Å². The van der Waals surface area contributed by atoms with Crippen LogP contribution in [0.5, 0.6) is 0 Å². The van der Waals surface area contributed by atoms with E-state index >= 15 is 0 Å². The van der Waals surface area contributed by atoms with Crippen molar-refractivity contribution in [1.29, 1.82) is 0 Å². The lowest BCUT2D eigenvalue weighted by Gasteiger charge is -2.33. The van der Waals surface area contributed by atoms with Gasteiger partial charge in [0.1, 0.15) is 5.82 Å². The minimum atomic E-state index is -0.242. The Balaban J connectivity index is 1.31. The second kappa shape index (κ2) is 9.88. The van der Waals surface area contributed by atoms with E-state index in [-0.39, 0.29) is 6.09 Å². The first kappa shape index (κ1) is 20.6. The van der Waals surface area contributed by atoms with E-state index < -0.39 is 0 Å². The molecule has 2 aliphatic heterocycles. The monoisotopic (exact) mass is 414 g/mol. The van der Waals surface area contributed by atoms with Crippen LogP contribution in [0.25, 0.3) is 11.4 Å². The van der Waals surface area contributed by atoms with Crippen molar-refractivity contribution in [3.63, 3.8) is 0 Å². The molecule has 0 spiro atoms. The molecule has 2 saturated heterocycles. The van der Waals surface area contributed by atoms with Gasteiger partial charge in [-0.1, -0.05) is 18.0 Å². The Morgan fingerprint density at radius 1 is 1.07 bits per heavy atom. The van der Waals surface area contributed by atoms with Crippen LogP contribution in [0.1, 0.15) is 38.5 Å². The number of amides is 1. The maximum Gasteiger partial charge on any atom is 0.409 e. The largest absolute Gasteiger partial charge is 0.450 e. The lowest BCUT2D eigenvalue weighted by molar-refractivity contribution is 0.0749. The fourth-order valence-corrected chi connectivity index (χ4v) is 3.94. The Kier molecular flexibility index (Phi) is 6.78. The summed E-state index contributed by atoms with van der Waals surface area (Å²) in [6, 6.07) is 4.06. The first-order valence-electron chi connectivity index (χ1n) is 10.9. The first-order chi connectivity index (χ1) is 14.7. The number of hydrogen-bond acceptors (Lipinski definition) is 8. The standard InChI is InChI=1S/C21H30N6O3/c1-2-29-21(28)27-13-11-25(12-14-27)16-19-23-20(24-30-19)17-7-8-18(22-15-17)26-9-5-3-4-6-10-26/h7-8,15H,2-6,9-14,16H2,1H3. The lowest BCUT2D eigenvalue weighted by atomic mass is 10.2. The molecule has 0 bridgehead atoms. The molecular weight excluding hydrogens is 384 g/mol. The molecule has 4 rings (SSSR count). The SMILES string of the molecule is CCOC(=O)N1CCN(Cc2nc(-c3ccc(N4CCCCCC4)nc3)no2)CC1. The van der Waals surface area contributed by atoms with Crippen LogP contribution in [0, 0.1) is 0 Å². The van der Waals surface area contributed by atoms with Crippen LogP contribution in [-0.2, 0) is 11.3 Å². The molecule has 0 saturated carbocycles. The number of nitrogens with zero attached hydrogens (tertiary/aromatic N) is 6. The molecule has 30 heavy (non-hydrogen) atoms. The predicted octanol–water partition coefficient (Wildman–Crippen LogP) is 2.79. The van der Waals surface area contributed by atoms with Crippen LogP contribution < -0.4 is 4.90 Å². The van der Waals surface area contributed by atoms with Gasteiger partial charge in [0.2, 0.25) is 11.7 Å². The van der Waals surface area contributed by atoms with Crippen LogP contribution in [0.2, 0.25) is 0 Å². The highest BCUT2D eigenvalue weighted by atomic mass is 16.6. The second-order valence-corrected chi connectivity index (χ2v) is 7.78. The number of carbonyl (C=O) groups is 1. The van der Waals surface area contributed by atoms with Gasteiger partial charge in [-0.15, -0.1) is 0 Å². The third-order valence-corrected chi connectivity index (χ3v) is 5.66. The zero-order valence-corrected chi connectivity index (χ0v) is 17.6. The van der Waals surface area contributed by atoms with Crippen molar-refractivity contribution >= 4 is 11.9 Å². The van der Waals surface area contributed by atoms with Crippen molar-refractivity contribution in [2.45, 2.75) is 39.2 Å². The van der Waals surface area contributed by atoms with E-state index in [0.717, 1.165) is 37.6 Å². The van der Waals surface area contributed by atoms with Gasteiger partial charge in [-0.05, 0) is 31.9 Å². The molecule has 9 nitrogen and oxygen atoms in total. The van der Waals surface area contributed by atoms with Gasteiger partial charge in [0.25, 0.3) is 0 Å². The molecule has 0 aromatic carbocycles. The molecule has 0 atom stereocenters. The molecular formula is C21H30N6O3. The lowest BCUT2D eigenvalue weighted by Crippen LogP contribution is -2.48. The van der Waals surface area contributed by atoms with E-state index in [4.69, 9.17) is 9.26 Å². The van der Waals surface area contributed by atoms with Crippen molar-refractivity contribution in [2.75, 3.05) is 50.8 Å².